The summed E-state index contributed by atoms with van der Waals surface area (Å²) in [6.07, 6.45) is 1.49. The van der Waals surface area contributed by atoms with E-state index in [9.17, 15) is 4.79 Å². The van der Waals surface area contributed by atoms with Crippen molar-refractivity contribution in [2.24, 2.45) is 0 Å². The molecule has 0 radical (unpaired) electrons. The highest BCUT2D eigenvalue weighted by Crippen LogP contribution is 2.24. The summed E-state index contributed by atoms with van der Waals surface area (Å²) in [5.74, 6) is 0.809. The van der Waals surface area contributed by atoms with Gasteiger partial charge in [-0.25, -0.2) is 0 Å². The van der Waals surface area contributed by atoms with E-state index in [1.807, 2.05) is 47.4 Å². The van der Waals surface area contributed by atoms with Gasteiger partial charge in [0.25, 0.3) is 5.91 Å². The van der Waals surface area contributed by atoms with Crippen LogP contribution < -0.4 is 9.64 Å². The van der Waals surface area contributed by atoms with Crippen molar-refractivity contribution < 1.29 is 9.53 Å². The fourth-order valence-electron chi connectivity index (χ4n) is 3.28. The van der Waals surface area contributed by atoms with E-state index < -0.39 is 0 Å². The number of hydrogen-bond acceptors (Lipinski definition) is 6. The van der Waals surface area contributed by atoms with Gasteiger partial charge in [0.05, 0.1) is 18.4 Å². The van der Waals surface area contributed by atoms with E-state index in [-0.39, 0.29) is 5.91 Å². The molecule has 1 saturated heterocycles. The molecule has 1 aliphatic heterocycles. The van der Waals surface area contributed by atoms with Crippen LogP contribution in [0.2, 0.25) is 0 Å². The zero-order valence-electron chi connectivity index (χ0n) is 15.3. The summed E-state index contributed by atoms with van der Waals surface area (Å²) in [6.45, 7) is 2.83. The van der Waals surface area contributed by atoms with Crippen molar-refractivity contribution >= 4 is 27.5 Å². The Morgan fingerprint density at radius 2 is 1.82 bits per heavy atom. The second kappa shape index (κ2) is 7.97. The Balaban J connectivity index is 1.49. The quantitative estimate of drug-likeness (QED) is 0.617. The molecule has 1 amide bonds. The number of rotatable bonds is 4. The Hall–Kier alpha value is -2.94. The second-order valence-electron chi connectivity index (χ2n) is 6.39. The first-order chi connectivity index (χ1) is 13.7. The van der Waals surface area contributed by atoms with Crippen molar-refractivity contribution in [1.82, 2.24) is 25.1 Å². The minimum Gasteiger partial charge on any atom is -0.497 e. The largest absolute Gasteiger partial charge is 0.497 e. The van der Waals surface area contributed by atoms with Crippen LogP contribution in [0.4, 0.5) is 5.69 Å². The summed E-state index contributed by atoms with van der Waals surface area (Å²) in [7, 11) is 1.66. The molecule has 2 heterocycles. The van der Waals surface area contributed by atoms with Crippen molar-refractivity contribution in [3.8, 4) is 11.4 Å². The molecule has 4 rings (SSSR count). The highest BCUT2D eigenvalue weighted by atomic mass is 79.9. The predicted octanol–water partition coefficient (Wildman–Crippen LogP) is 2.40. The number of benzene rings is 2. The zero-order chi connectivity index (χ0) is 19.5. The Morgan fingerprint density at radius 3 is 2.46 bits per heavy atom. The van der Waals surface area contributed by atoms with Crippen LogP contribution in [0.1, 0.15) is 10.4 Å². The number of ether oxygens (including phenoxy) is 1. The number of halogens is 1. The number of methoxy groups -OCH3 is 1. The highest BCUT2D eigenvalue weighted by Gasteiger charge is 2.25. The van der Waals surface area contributed by atoms with Gasteiger partial charge in [0, 0.05) is 36.3 Å². The Kier molecular flexibility index (Phi) is 5.25. The standard InChI is InChI=1S/C19H19BrN6O2/c1-28-16-5-3-15(4-6-16)24-8-10-25(11-9-24)19(27)17-12-14(20)2-7-18(17)26-13-21-22-23-26/h2-7,12-13H,8-11H2,1H3. The van der Waals surface area contributed by atoms with Crippen LogP contribution in [0, 0.1) is 0 Å². The lowest BCUT2D eigenvalue weighted by Gasteiger charge is -2.36. The van der Waals surface area contributed by atoms with Crippen LogP contribution in [0.5, 0.6) is 5.75 Å². The first-order valence-electron chi connectivity index (χ1n) is 8.87. The van der Waals surface area contributed by atoms with Crippen molar-refractivity contribution in [1.29, 1.82) is 0 Å². The van der Waals surface area contributed by atoms with Gasteiger partial charge in [0.1, 0.15) is 12.1 Å². The molecular formula is C19H19BrN6O2. The van der Waals surface area contributed by atoms with Crippen LogP contribution in [0.25, 0.3) is 5.69 Å². The van der Waals surface area contributed by atoms with Crippen molar-refractivity contribution in [2.75, 3.05) is 38.2 Å². The molecule has 0 bridgehead atoms. The maximum atomic E-state index is 13.2. The highest BCUT2D eigenvalue weighted by molar-refractivity contribution is 9.10. The number of carbonyl (C=O) groups excluding carboxylic acids is 1. The van der Waals surface area contributed by atoms with Crippen LogP contribution in [0.3, 0.4) is 0 Å². The molecule has 28 heavy (non-hydrogen) atoms. The molecule has 0 unspecified atom stereocenters. The third-order valence-electron chi connectivity index (χ3n) is 4.79. The first-order valence-corrected chi connectivity index (χ1v) is 9.66. The molecule has 0 saturated carbocycles. The van der Waals surface area contributed by atoms with Crippen molar-refractivity contribution in [2.45, 2.75) is 0 Å². The maximum absolute atomic E-state index is 13.2. The van der Waals surface area contributed by atoms with E-state index >= 15 is 0 Å². The zero-order valence-corrected chi connectivity index (χ0v) is 16.9. The number of piperazine rings is 1. The number of carbonyl (C=O) groups is 1. The molecule has 0 aliphatic carbocycles. The third kappa shape index (κ3) is 3.70. The van der Waals surface area contributed by atoms with E-state index in [1.54, 1.807) is 7.11 Å². The molecule has 0 N–H and O–H groups in total. The molecule has 1 fully saturated rings. The summed E-state index contributed by atoms with van der Waals surface area (Å²) < 4.78 is 7.56. The topological polar surface area (TPSA) is 76.4 Å². The van der Waals surface area contributed by atoms with Gasteiger partial charge in [0.15, 0.2) is 0 Å². The van der Waals surface area contributed by atoms with E-state index in [0.29, 0.717) is 24.3 Å². The number of amides is 1. The molecule has 8 nitrogen and oxygen atoms in total. The SMILES string of the molecule is COc1ccc(N2CCN(C(=O)c3cc(Br)ccc3-n3cnnn3)CC2)cc1. The minimum atomic E-state index is -0.0267. The summed E-state index contributed by atoms with van der Waals surface area (Å²) in [6, 6.07) is 13.5. The molecule has 1 aromatic heterocycles. The average Bonchev–Trinajstić information content (AvgIpc) is 3.28. The molecule has 9 heteroatoms. The van der Waals surface area contributed by atoms with E-state index in [4.69, 9.17) is 4.74 Å². The molecule has 144 valence electrons. The van der Waals surface area contributed by atoms with Crippen LogP contribution in [-0.2, 0) is 0 Å². The lowest BCUT2D eigenvalue weighted by Crippen LogP contribution is -2.49. The number of aromatic nitrogens is 4. The van der Waals surface area contributed by atoms with Crippen molar-refractivity contribution in [3.05, 3.63) is 58.8 Å². The van der Waals surface area contributed by atoms with Crippen LogP contribution >= 0.6 is 15.9 Å². The second-order valence-corrected chi connectivity index (χ2v) is 7.31. The molecule has 0 spiro atoms. The van der Waals surface area contributed by atoms with E-state index in [2.05, 4.69) is 36.4 Å². The monoisotopic (exact) mass is 442 g/mol. The fraction of sp³-hybridized carbons (Fsp3) is 0.263. The summed E-state index contributed by atoms with van der Waals surface area (Å²) in [5.41, 5.74) is 2.36. The van der Waals surface area contributed by atoms with Gasteiger partial charge in [0.2, 0.25) is 0 Å². The Morgan fingerprint density at radius 1 is 1.07 bits per heavy atom. The lowest BCUT2D eigenvalue weighted by atomic mass is 10.1. The average molecular weight is 443 g/mol. The predicted molar refractivity (Wildman–Crippen MR) is 108 cm³/mol. The Labute approximate surface area is 170 Å². The molecule has 3 aromatic rings. The van der Waals surface area contributed by atoms with Gasteiger partial charge in [-0.05, 0) is 52.9 Å². The lowest BCUT2D eigenvalue weighted by molar-refractivity contribution is 0.0746. The summed E-state index contributed by atoms with van der Waals surface area (Å²) >= 11 is 3.45. The normalized spacial score (nSPS) is 14.2. The molecule has 1 aliphatic rings. The Bertz CT molecular complexity index is 953. The van der Waals surface area contributed by atoms with Gasteiger partial charge in [-0.1, -0.05) is 15.9 Å². The number of nitrogens with zero attached hydrogens (tertiary/aromatic N) is 6. The molecule has 2 aromatic carbocycles. The van der Waals surface area contributed by atoms with Gasteiger partial charge in [-0.15, -0.1) is 5.10 Å². The number of hydrogen-bond donors (Lipinski definition) is 0. The van der Waals surface area contributed by atoms with Gasteiger partial charge in [-0.3, -0.25) is 4.79 Å². The molecular weight excluding hydrogens is 424 g/mol. The summed E-state index contributed by atoms with van der Waals surface area (Å²) in [4.78, 5) is 17.3. The summed E-state index contributed by atoms with van der Waals surface area (Å²) in [5, 5.41) is 11.3. The van der Waals surface area contributed by atoms with Crippen molar-refractivity contribution in [3.63, 3.8) is 0 Å². The van der Waals surface area contributed by atoms with Gasteiger partial charge >= 0.3 is 0 Å². The minimum absolute atomic E-state index is 0.0267. The molecule has 0 atom stereocenters. The van der Waals surface area contributed by atoms with Crippen LogP contribution in [0.15, 0.2) is 53.3 Å². The number of tetrazole rings is 1. The smallest absolute Gasteiger partial charge is 0.256 e. The van der Waals surface area contributed by atoms with E-state index in [0.717, 1.165) is 29.0 Å². The van der Waals surface area contributed by atoms with Gasteiger partial charge in [-0.2, -0.15) is 4.68 Å². The van der Waals surface area contributed by atoms with E-state index in [1.165, 1.54) is 11.0 Å². The van der Waals surface area contributed by atoms with Crippen LogP contribution in [-0.4, -0.2) is 64.3 Å². The number of anilines is 1. The van der Waals surface area contributed by atoms with Gasteiger partial charge < -0.3 is 14.5 Å². The maximum Gasteiger partial charge on any atom is 0.256 e. The third-order valence-corrected chi connectivity index (χ3v) is 5.28. The fourth-order valence-corrected chi connectivity index (χ4v) is 3.64. The first kappa shape index (κ1) is 18.4.